The minimum atomic E-state index is 0.506. The van der Waals surface area contributed by atoms with Gasteiger partial charge in [-0.25, -0.2) is 9.98 Å². The van der Waals surface area contributed by atoms with Gasteiger partial charge in [-0.15, -0.1) is 0 Å². The molecule has 0 aliphatic heterocycles. The Hall–Kier alpha value is -3.02. The maximum atomic E-state index is 4.60. The van der Waals surface area contributed by atoms with E-state index in [4.69, 9.17) is 0 Å². The molecule has 0 saturated heterocycles. The number of nitrogens with zero attached hydrogens (tertiary/aromatic N) is 3. The molecule has 1 aromatic carbocycles. The van der Waals surface area contributed by atoms with Crippen LogP contribution in [0.3, 0.4) is 0 Å². The average molecular weight is 336 g/mol. The van der Waals surface area contributed by atoms with E-state index < -0.39 is 0 Å². The lowest BCUT2D eigenvalue weighted by atomic mass is 10.2. The smallest absolute Gasteiger partial charge is 0.191 e. The van der Waals surface area contributed by atoms with Crippen molar-refractivity contribution >= 4 is 5.96 Å². The van der Waals surface area contributed by atoms with Gasteiger partial charge in [0.1, 0.15) is 12.4 Å². The molecule has 3 aromatic rings. The first-order chi connectivity index (χ1) is 12.3. The fourth-order valence-corrected chi connectivity index (χ4v) is 2.53. The first kappa shape index (κ1) is 16.8. The van der Waals surface area contributed by atoms with Gasteiger partial charge in [0.15, 0.2) is 5.96 Å². The zero-order chi connectivity index (χ0) is 17.3. The standard InChI is InChI=1S/C19H24N6/c1-2-20-19(21-10-13-25-11-6-7-12-25)23-15-18-22-14-17(24-18)16-8-4-3-5-9-16/h3-9,11-12,14H,2,10,13,15H2,1H3,(H,22,24)(H2,20,21,23). The number of aliphatic imine (C=N–C) groups is 1. The molecule has 6 nitrogen and oxygen atoms in total. The summed E-state index contributed by atoms with van der Waals surface area (Å²) in [5, 5.41) is 6.60. The number of nitrogens with one attached hydrogen (secondary N) is 3. The average Bonchev–Trinajstić information content (AvgIpc) is 3.32. The first-order valence-corrected chi connectivity index (χ1v) is 8.57. The van der Waals surface area contributed by atoms with Gasteiger partial charge in [0.05, 0.1) is 11.9 Å². The fraction of sp³-hybridized carbons (Fsp3) is 0.263. The molecule has 0 unspecified atom stereocenters. The summed E-state index contributed by atoms with van der Waals surface area (Å²) in [5.41, 5.74) is 2.14. The molecule has 0 aliphatic rings. The van der Waals surface area contributed by atoms with Gasteiger partial charge in [0, 0.05) is 32.0 Å². The molecule has 25 heavy (non-hydrogen) atoms. The molecule has 2 heterocycles. The molecule has 0 amide bonds. The monoisotopic (exact) mass is 336 g/mol. The third kappa shape index (κ3) is 4.97. The third-order valence-corrected chi connectivity index (χ3v) is 3.77. The van der Waals surface area contributed by atoms with Gasteiger partial charge in [-0.2, -0.15) is 0 Å². The molecule has 0 fully saturated rings. The van der Waals surface area contributed by atoms with Crippen LogP contribution < -0.4 is 10.6 Å². The number of aromatic amines is 1. The van der Waals surface area contributed by atoms with Crippen LogP contribution in [0.2, 0.25) is 0 Å². The van der Waals surface area contributed by atoms with Crippen LogP contribution in [0.15, 0.2) is 66.0 Å². The lowest BCUT2D eigenvalue weighted by Crippen LogP contribution is -2.38. The Morgan fingerprint density at radius 2 is 1.92 bits per heavy atom. The van der Waals surface area contributed by atoms with Crippen molar-refractivity contribution in [2.24, 2.45) is 4.99 Å². The number of benzene rings is 1. The largest absolute Gasteiger partial charge is 0.357 e. The lowest BCUT2D eigenvalue weighted by molar-refractivity contribution is 0.665. The maximum absolute atomic E-state index is 4.60. The molecule has 130 valence electrons. The normalized spacial score (nSPS) is 11.5. The van der Waals surface area contributed by atoms with Crippen LogP contribution in [0.25, 0.3) is 11.3 Å². The highest BCUT2D eigenvalue weighted by Gasteiger charge is 2.03. The Morgan fingerprint density at radius 1 is 1.12 bits per heavy atom. The van der Waals surface area contributed by atoms with Crippen molar-refractivity contribution in [2.45, 2.75) is 20.0 Å². The molecule has 0 aliphatic carbocycles. The van der Waals surface area contributed by atoms with Gasteiger partial charge in [-0.1, -0.05) is 30.3 Å². The summed E-state index contributed by atoms with van der Waals surface area (Å²) in [6.45, 7) is 5.10. The van der Waals surface area contributed by atoms with Crippen molar-refractivity contribution in [2.75, 3.05) is 13.1 Å². The van der Waals surface area contributed by atoms with Gasteiger partial charge in [0.2, 0.25) is 0 Å². The van der Waals surface area contributed by atoms with E-state index in [2.05, 4.69) is 61.6 Å². The van der Waals surface area contributed by atoms with E-state index in [1.54, 1.807) is 0 Å². The van der Waals surface area contributed by atoms with Crippen LogP contribution >= 0.6 is 0 Å². The molecular weight excluding hydrogens is 312 g/mol. The second kappa shape index (κ2) is 8.73. The molecule has 0 atom stereocenters. The highest BCUT2D eigenvalue weighted by Crippen LogP contribution is 2.16. The zero-order valence-corrected chi connectivity index (χ0v) is 14.4. The van der Waals surface area contributed by atoms with Crippen molar-refractivity contribution in [3.63, 3.8) is 0 Å². The number of guanidine groups is 1. The maximum Gasteiger partial charge on any atom is 0.191 e. The lowest BCUT2D eigenvalue weighted by Gasteiger charge is -2.11. The van der Waals surface area contributed by atoms with E-state index >= 15 is 0 Å². The highest BCUT2D eigenvalue weighted by atomic mass is 15.2. The predicted molar refractivity (Wildman–Crippen MR) is 101 cm³/mol. The van der Waals surface area contributed by atoms with E-state index in [-0.39, 0.29) is 0 Å². The van der Waals surface area contributed by atoms with Crippen molar-refractivity contribution in [3.05, 3.63) is 66.9 Å². The minimum absolute atomic E-state index is 0.506. The Morgan fingerprint density at radius 3 is 2.68 bits per heavy atom. The summed E-state index contributed by atoms with van der Waals surface area (Å²) in [7, 11) is 0. The van der Waals surface area contributed by atoms with Gasteiger partial charge in [-0.05, 0) is 24.6 Å². The van der Waals surface area contributed by atoms with E-state index in [9.17, 15) is 0 Å². The topological polar surface area (TPSA) is 70.0 Å². The minimum Gasteiger partial charge on any atom is -0.357 e. The molecule has 0 bridgehead atoms. The summed E-state index contributed by atoms with van der Waals surface area (Å²) in [5.74, 6) is 1.65. The Kier molecular flexibility index (Phi) is 5.87. The zero-order valence-electron chi connectivity index (χ0n) is 14.4. The van der Waals surface area contributed by atoms with Crippen molar-refractivity contribution in [3.8, 4) is 11.3 Å². The van der Waals surface area contributed by atoms with Crippen LogP contribution in [-0.2, 0) is 13.1 Å². The first-order valence-electron chi connectivity index (χ1n) is 8.57. The van der Waals surface area contributed by atoms with E-state index in [1.807, 2.05) is 36.5 Å². The quantitative estimate of drug-likeness (QED) is 0.459. The molecule has 0 spiro atoms. The van der Waals surface area contributed by atoms with Crippen molar-refractivity contribution in [1.29, 1.82) is 0 Å². The van der Waals surface area contributed by atoms with Crippen LogP contribution in [0.4, 0.5) is 0 Å². The van der Waals surface area contributed by atoms with Crippen molar-refractivity contribution < 1.29 is 0 Å². The third-order valence-electron chi connectivity index (χ3n) is 3.77. The van der Waals surface area contributed by atoms with Crippen molar-refractivity contribution in [1.82, 2.24) is 25.2 Å². The molecule has 2 aromatic heterocycles. The molecular formula is C19H24N6. The second-order valence-corrected chi connectivity index (χ2v) is 5.65. The van der Waals surface area contributed by atoms with Crippen LogP contribution in [0.1, 0.15) is 12.7 Å². The molecule has 6 heteroatoms. The summed E-state index contributed by atoms with van der Waals surface area (Å²) in [4.78, 5) is 12.4. The SMILES string of the molecule is CCNC(=NCc1ncc(-c2ccccc2)[nH]1)NCCn1cccc1. The number of rotatable bonds is 7. The van der Waals surface area contributed by atoms with Crippen LogP contribution in [0.5, 0.6) is 0 Å². The van der Waals surface area contributed by atoms with E-state index in [0.717, 1.165) is 42.7 Å². The summed E-state index contributed by atoms with van der Waals surface area (Å²) < 4.78 is 2.13. The van der Waals surface area contributed by atoms with Gasteiger partial charge < -0.3 is 20.2 Å². The predicted octanol–water partition coefficient (Wildman–Crippen LogP) is 2.63. The Bertz CT molecular complexity index is 773. The fourth-order valence-electron chi connectivity index (χ4n) is 2.53. The Labute approximate surface area is 148 Å². The van der Waals surface area contributed by atoms with Gasteiger partial charge in [0.25, 0.3) is 0 Å². The highest BCUT2D eigenvalue weighted by molar-refractivity contribution is 5.79. The van der Waals surface area contributed by atoms with E-state index in [0.29, 0.717) is 6.54 Å². The Balaban J connectivity index is 1.56. The molecule has 0 radical (unpaired) electrons. The second-order valence-electron chi connectivity index (χ2n) is 5.65. The van der Waals surface area contributed by atoms with Gasteiger partial charge >= 0.3 is 0 Å². The number of hydrogen-bond acceptors (Lipinski definition) is 2. The molecule has 3 rings (SSSR count). The number of imidazole rings is 1. The summed E-state index contributed by atoms with van der Waals surface area (Å²) in [6.07, 6.45) is 5.96. The van der Waals surface area contributed by atoms with Gasteiger partial charge in [-0.3, -0.25) is 0 Å². The summed E-state index contributed by atoms with van der Waals surface area (Å²) >= 11 is 0. The number of hydrogen-bond donors (Lipinski definition) is 3. The number of H-pyrrole nitrogens is 1. The van der Waals surface area contributed by atoms with Crippen LogP contribution in [-0.4, -0.2) is 33.6 Å². The van der Waals surface area contributed by atoms with E-state index in [1.165, 1.54) is 0 Å². The summed E-state index contributed by atoms with van der Waals surface area (Å²) in [6, 6.07) is 14.2. The molecule has 0 saturated carbocycles. The molecule has 3 N–H and O–H groups in total. The number of aromatic nitrogens is 3. The van der Waals surface area contributed by atoms with Crippen LogP contribution in [0, 0.1) is 0 Å².